The van der Waals surface area contributed by atoms with Crippen LogP contribution < -0.4 is 11.1 Å². The second kappa shape index (κ2) is 5.71. The summed E-state index contributed by atoms with van der Waals surface area (Å²) in [6.45, 7) is 1.75. The number of nitrogens with zero attached hydrogens (tertiary/aromatic N) is 1. The second-order valence-corrected chi connectivity index (χ2v) is 4.61. The highest BCUT2D eigenvalue weighted by molar-refractivity contribution is 6.29. The monoisotopic (exact) mass is 289 g/mol. The summed E-state index contributed by atoms with van der Waals surface area (Å²) in [5.74, 6) is -0.886. The van der Waals surface area contributed by atoms with E-state index >= 15 is 0 Å². The van der Waals surface area contributed by atoms with Crippen LogP contribution in [0.15, 0.2) is 36.4 Å². The maximum absolute atomic E-state index is 12.1. The van der Waals surface area contributed by atoms with Gasteiger partial charge in [-0.25, -0.2) is 4.98 Å². The highest BCUT2D eigenvalue weighted by Gasteiger charge is 2.09. The summed E-state index contributed by atoms with van der Waals surface area (Å²) in [5, 5.41) is 2.93. The molecule has 0 bridgehead atoms. The Kier molecular flexibility index (Phi) is 4.00. The van der Waals surface area contributed by atoms with Crippen molar-refractivity contribution in [1.29, 1.82) is 0 Å². The maximum Gasteiger partial charge on any atom is 0.255 e. The van der Waals surface area contributed by atoms with Gasteiger partial charge in [0.05, 0.1) is 0 Å². The normalized spacial score (nSPS) is 10.1. The van der Waals surface area contributed by atoms with Crippen molar-refractivity contribution in [2.75, 3.05) is 5.32 Å². The van der Waals surface area contributed by atoms with E-state index in [1.165, 1.54) is 12.1 Å². The van der Waals surface area contributed by atoms with E-state index in [1.807, 2.05) is 0 Å². The maximum atomic E-state index is 12.1. The fourth-order valence-corrected chi connectivity index (χ4v) is 1.96. The van der Waals surface area contributed by atoms with Gasteiger partial charge in [-0.05, 0) is 37.3 Å². The van der Waals surface area contributed by atoms with Crippen LogP contribution in [0.5, 0.6) is 0 Å². The third-order valence-corrected chi connectivity index (χ3v) is 2.78. The summed E-state index contributed by atoms with van der Waals surface area (Å²) in [4.78, 5) is 27.2. The van der Waals surface area contributed by atoms with Crippen LogP contribution >= 0.6 is 11.6 Å². The molecule has 6 heteroatoms. The Morgan fingerprint density at radius 1 is 1.20 bits per heavy atom. The van der Waals surface area contributed by atoms with Gasteiger partial charge in [-0.3, -0.25) is 9.59 Å². The van der Waals surface area contributed by atoms with Crippen LogP contribution in [0.2, 0.25) is 5.15 Å². The minimum Gasteiger partial charge on any atom is -0.366 e. The first-order chi connectivity index (χ1) is 9.45. The highest BCUT2D eigenvalue weighted by atomic mass is 35.5. The van der Waals surface area contributed by atoms with Gasteiger partial charge in [0, 0.05) is 22.5 Å². The molecule has 2 aromatic rings. The van der Waals surface area contributed by atoms with Crippen LogP contribution in [0.4, 0.5) is 5.69 Å². The third-order valence-electron chi connectivity index (χ3n) is 2.59. The number of hydrogen-bond acceptors (Lipinski definition) is 3. The van der Waals surface area contributed by atoms with Crippen molar-refractivity contribution in [3.63, 3.8) is 0 Å². The van der Waals surface area contributed by atoms with E-state index in [0.717, 1.165) is 0 Å². The average Bonchev–Trinajstić information content (AvgIpc) is 2.37. The number of nitrogens with two attached hydrogens (primary N) is 1. The lowest BCUT2D eigenvalue weighted by Gasteiger charge is -2.07. The zero-order chi connectivity index (χ0) is 14.7. The van der Waals surface area contributed by atoms with Gasteiger partial charge in [0.25, 0.3) is 5.91 Å². The number of carbonyl (C=O) groups excluding carboxylic acids is 2. The Hall–Kier alpha value is -2.40. The van der Waals surface area contributed by atoms with Crippen molar-refractivity contribution in [3.05, 3.63) is 58.4 Å². The number of amides is 2. The predicted molar refractivity (Wildman–Crippen MR) is 76.9 cm³/mol. The van der Waals surface area contributed by atoms with E-state index in [-0.39, 0.29) is 11.1 Å². The summed E-state index contributed by atoms with van der Waals surface area (Å²) in [6, 6.07) is 9.49. The number of pyridine rings is 1. The topological polar surface area (TPSA) is 85.1 Å². The smallest absolute Gasteiger partial charge is 0.255 e. The van der Waals surface area contributed by atoms with Crippen LogP contribution in [0.25, 0.3) is 0 Å². The fourth-order valence-electron chi connectivity index (χ4n) is 1.71. The van der Waals surface area contributed by atoms with Crippen LogP contribution in [-0.4, -0.2) is 16.8 Å². The summed E-state index contributed by atoms with van der Waals surface area (Å²) in [7, 11) is 0. The van der Waals surface area contributed by atoms with Gasteiger partial charge in [0.15, 0.2) is 0 Å². The van der Waals surface area contributed by atoms with Crippen molar-refractivity contribution < 1.29 is 9.59 Å². The van der Waals surface area contributed by atoms with Gasteiger partial charge in [-0.2, -0.15) is 0 Å². The molecule has 20 heavy (non-hydrogen) atoms. The zero-order valence-electron chi connectivity index (χ0n) is 10.7. The van der Waals surface area contributed by atoms with Gasteiger partial charge in [0.1, 0.15) is 5.15 Å². The molecule has 2 amide bonds. The standard InChI is InChI=1S/C14H12ClN3O2/c1-8-5-10(7-12(15)17-8)14(20)18-11-4-2-3-9(6-11)13(16)19/h2-7H,1H3,(H2,16,19)(H,18,20). The number of carbonyl (C=O) groups is 2. The number of halogens is 1. The van der Waals surface area contributed by atoms with Gasteiger partial charge < -0.3 is 11.1 Å². The molecule has 2 rings (SSSR count). The summed E-state index contributed by atoms with van der Waals surface area (Å²) < 4.78 is 0. The van der Waals surface area contributed by atoms with Crippen molar-refractivity contribution >= 4 is 29.1 Å². The number of anilines is 1. The first kappa shape index (κ1) is 14.0. The summed E-state index contributed by atoms with van der Waals surface area (Å²) in [6.07, 6.45) is 0. The zero-order valence-corrected chi connectivity index (χ0v) is 11.4. The van der Waals surface area contributed by atoms with E-state index in [1.54, 1.807) is 31.2 Å². The lowest BCUT2D eigenvalue weighted by atomic mass is 10.1. The van der Waals surface area contributed by atoms with Crippen molar-refractivity contribution in [1.82, 2.24) is 4.98 Å². The molecule has 0 saturated heterocycles. The number of aryl methyl sites for hydroxylation is 1. The fraction of sp³-hybridized carbons (Fsp3) is 0.0714. The van der Waals surface area contributed by atoms with E-state index in [0.29, 0.717) is 22.5 Å². The predicted octanol–water partition coefficient (Wildman–Crippen LogP) is 2.39. The van der Waals surface area contributed by atoms with E-state index in [9.17, 15) is 9.59 Å². The Balaban J connectivity index is 2.23. The van der Waals surface area contributed by atoms with Crippen molar-refractivity contribution in [2.24, 2.45) is 5.73 Å². The minimum absolute atomic E-state index is 0.251. The second-order valence-electron chi connectivity index (χ2n) is 4.22. The lowest BCUT2D eigenvalue weighted by molar-refractivity contribution is 0.0996. The molecular weight excluding hydrogens is 278 g/mol. The van der Waals surface area contributed by atoms with E-state index in [4.69, 9.17) is 17.3 Å². The van der Waals surface area contributed by atoms with Crippen molar-refractivity contribution in [3.8, 4) is 0 Å². The number of nitrogens with one attached hydrogen (secondary N) is 1. The Labute approximate surface area is 120 Å². The first-order valence-electron chi connectivity index (χ1n) is 5.81. The molecule has 1 aromatic heterocycles. The molecule has 0 aliphatic heterocycles. The minimum atomic E-state index is -0.552. The number of hydrogen-bond donors (Lipinski definition) is 2. The number of benzene rings is 1. The number of primary amides is 1. The van der Waals surface area contributed by atoms with Crippen LogP contribution in [0.1, 0.15) is 26.4 Å². The molecule has 0 unspecified atom stereocenters. The molecule has 0 atom stereocenters. The molecular formula is C14H12ClN3O2. The molecule has 0 fully saturated rings. The molecule has 0 aliphatic rings. The molecule has 1 heterocycles. The van der Waals surface area contributed by atoms with Gasteiger partial charge in [-0.1, -0.05) is 17.7 Å². The third kappa shape index (κ3) is 3.33. The Morgan fingerprint density at radius 2 is 1.95 bits per heavy atom. The lowest BCUT2D eigenvalue weighted by Crippen LogP contribution is -2.14. The first-order valence-corrected chi connectivity index (χ1v) is 6.19. The highest BCUT2D eigenvalue weighted by Crippen LogP contribution is 2.14. The molecule has 3 N–H and O–H groups in total. The molecule has 0 spiro atoms. The van der Waals surface area contributed by atoms with Gasteiger partial charge >= 0.3 is 0 Å². The molecule has 0 saturated carbocycles. The van der Waals surface area contributed by atoms with Crippen LogP contribution in [0.3, 0.4) is 0 Å². The Morgan fingerprint density at radius 3 is 2.60 bits per heavy atom. The largest absolute Gasteiger partial charge is 0.366 e. The molecule has 102 valence electrons. The molecule has 0 radical (unpaired) electrons. The van der Waals surface area contributed by atoms with Crippen LogP contribution in [-0.2, 0) is 0 Å². The summed E-state index contributed by atoms with van der Waals surface area (Å²) >= 11 is 5.81. The molecule has 1 aromatic carbocycles. The van der Waals surface area contributed by atoms with Crippen molar-refractivity contribution in [2.45, 2.75) is 6.92 Å². The molecule has 5 nitrogen and oxygen atoms in total. The SMILES string of the molecule is Cc1cc(C(=O)Nc2cccc(C(N)=O)c2)cc(Cl)n1. The number of aromatic nitrogens is 1. The van der Waals surface area contributed by atoms with Crippen LogP contribution in [0, 0.1) is 6.92 Å². The van der Waals surface area contributed by atoms with E-state index < -0.39 is 5.91 Å². The average molecular weight is 290 g/mol. The number of rotatable bonds is 3. The molecule has 0 aliphatic carbocycles. The van der Waals surface area contributed by atoms with Gasteiger partial charge in [0.2, 0.25) is 5.91 Å². The summed E-state index contributed by atoms with van der Waals surface area (Å²) in [5.41, 5.74) is 7.04. The van der Waals surface area contributed by atoms with Gasteiger partial charge in [-0.15, -0.1) is 0 Å². The Bertz CT molecular complexity index is 666. The van der Waals surface area contributed by atoms with E-state index in [2.05, 4.69) is 10.3 Å². The quantitative estimate of drug-likeness (QED) is 0.851.